The molecular weight excluding hydrogens is 250 g/mol. The summed E-state index contributed by atoms with van der Waals surface area (Å²) in [6, 6.07) is 4.72. The molecule has 0 aliphatic rings. The number of aliphatic carboxylic acids is 1. The first kappa shape index (κ1) is 14.4. The lowest BCUT2D eigenvalue weighted by atomic mass is 10.1. The molecular formula is C13H13NO5. The highest BCUT2D eigenvalue weighted by Gasteiger charge is 2.14. The van der Waals surface area contributed by atoms with Crippen molar-refractivity contribution in [2.45, 2.75) is 0 Å². The molecule has 0 saturated carbocycles. The van der Waals surface area contributed by atoms with Crippen molar-refractivity contribution in [3.05, 3.63) is 23.3 Å². The molecule has 0 saturated heterocycles. The Labute approximate surface area is 110 Å². The van der Waals surface area contributed by atoms with E-state index in [0.29, 0.717) is 22.8 Å². The van der Waals surface area contributed by atoms with E-state index >= 15 is 0 Å². The number of carboxylic acid groups (broad SMARTS) is 1. The molecule has 1 aromatic carbocycles. The molecule has 1 aromatic rings. The summed E-state index contributed by atoms with van der Waals surface area (Å²) in [5.74, 6) is -0.126. The Morgan fingerprint density at radius 1 is 1.21 bits per heavy atom. The molecule has 0 aliphatic carbocycles. The standard InChI is InChI=1S/C13H13NO5/c1-17-10-5-8(4-9(7-14)13(15)16)6-11(18-2)12(10)19-3/h4-6H,1-3H3,(H,15,16). The van der Waals surface area contributed by atoms with Gasteiger partial charge >= 0.3 is 5.97 Å². The maximum Gasteiger partial charge on any atom is 0.346 e. The minimum Gasteiger partial charge on any atom is -0.493 e. The van der Waals surface area contributed by atoms with Crippen LogP contribution < -0.4 is 14.2 Å². The Hall–Kier alpha value is -2.68. The highest BCUT2D eigenvalue weighted by molar-refractivity contribution is 5.96. The summed E-state index contributed by atoms with van der Waals surface area (Å²) < 4.78 is 15.4. The fraction of sp³-hybridized carbons (Fsp3) is 0.231. The highest BCUT2D eigenvalue weighted by Crippen LogP contribution is 2.38. The topological polar surface area (TPSA) is 88.8 Å². The van der Waals surface area contributed by atoms with E-state index in [1.807, 2.05) is 0 Å². The van der Waals surface area contributed by atoms with Gasteiger partial charge in [-0.2, -0.15) is 5.26 Å². The van der Waals surface area contributed by atoms with Crippen molar-refractivity contribution in [2.24, 2.45) is 0 Å². The van der Waals surface area contributed by atoms with Crippen LogP contribution in [-0.2, 0) is 4.79 Å². The van der Waals surface area contributed by atoms with Gasteiger partial charge in [0, 0.05) is 0 Å². The Balaban J connectivity index is 3.39. The number of nitrogens with zero attached hydrogens (tertiary/aromatic N) is 1. The fourth-order valence-corrected chi connectivity index (χ4v) is 1.49. The minimum absolute atomic E-state index is 0.380. The first-order chi connectivity index (χ1) is 9.07. The van der Waals surface area contributed by atoms with Gasteiger partial charge in [0.2, 0.25) is 5.75 Å². The van der Waals surface area contributed by atoms with E-state index in [0.717, 1.165) is 0 Å². The van der Waals surface area contributed by atoms with Gasteiger partial charge in [-0.25, -0.2) is 4.79 Å². The lowest BCUT2D eigenvalue weighted by Crippen LogP contribution is -1.99. The van der Waals surface area contributed by atoms with Crippen LogP contribution >= 0.6 is 0 Å². The van der Waals surface area contributed by atoms with Crippen LogP contribution in [0.25, 0.3) is 6.08 Å². The molecule has 1 rings (SSSR count). The largest absolute Gasteiger partial charge is 0.493 e. The van der Waals surface area contributed by atoms with Crippen molar-refractivity contribution < 1.29 is 24.1 Å². The molecule has 0 bridgehead atoms. The quantitative estimate of drug-likeness (QED) is 0.642. The van der Waals surface area contributed by atoms with E-state index in [1.165, 1.54) is 27.4 Å². The van der Waals surface area contributed by atoms with Crippen LogP contribution in [0.1, 0.15) is 5.56 Å². The molecule has 0 aliphatic heterocycles. The highest BCUT2D eigenvalue weighted by atomic mass is 16.5. The van der Waals surface area contributed by atoms with Crippen molar-refractivity contribution in [1.29, 1.82) is 5.26 Å². The number of benzene rings is 1. The molecule has 6 nitrogen and oxygen atoms in total. The van der Waals surface area contributed by atoms with Gasteiger partial charge in [-0.05, 0) is 23.8 Å². The molecule has 0 unspecified atom stereocenters. The smallest absolute Gasteiger partial charge is 0.346 e. The second-order valence-electron chi connectivity index (χ2n) is 3.43. The van der Waals surface area contributed by atoms with Crippen LogP contribution in [0.2, 0.25) is 0 Å². The number of methoxy groups -OCH3 is 3. The van der Waals surface area contributed by atoms with E-state index < -0.39 is 5.97 Å². The van der Waals surface area contributed by atoms with E-state index in [-0.39, 0.29) is 5.57 Å². The van der Waals surface area contributed by atoms with Crippen molar-refractivity contribution >= 4 is 12.0 Å². The summed E-state index contributed by atoms with van der Waals surface area (Å²) in [6.45, 7) is 0. The molecule has 0 fully saturated rings. The van der Waals surface area contributed by atoms with Gasteiger partial charge in [-0.15, -0.1) is 0 Å². The molecule has 1 N–H and O–H groups in total. The molecule has 0 amide bonds. The summed E-state index contributed by atoms with van der Waals surface area (Å²) in [5.41, 5.74) is 0.0859. The average Bonchev–Trinajstić information content (AvgIpc) is 2.42. The molecule has 0 aromatic heterocycles. The van der Waals surface area contributed by atoms with Crippen LogP contribution in [-0.4, -0.2) is 32.4 Å². The Kier molecular flexibility index (Phi) is 4.77. The third kappa shape index (κ3) is 3.16. The zero-order valence-corrected chi connectivity index (χ0v) is 10.8. The number of hydrogen-bond donors (Lipinski definition) is 1. The first-order valence-electron chi connectivity index (χ1n) is 5.22. The maximum atomic E-state index is 10.8. The zero-order valence-electron chi connectivity index (χ0n) is 10.8. The van der Waals surface area contributed by atoms with Crippen molar-refractivity contribution in [2.75, 3.05) is 21.3 Å². The molecule has 0 heterocycles. The molecule has 100 valence electrons. The number of rotatable bonds is 5. The van der Waals surface area contributed by atoms with E-state index in [1.54, 1.807) is 18.2 Å². The van der Waals surface area contributed by atoms with Gasteiger partial charge in [-0.3, -0.25) is 0 Å². The first-order valence-corrected chi connectivity index (χ1v) is 5.22. The third-order valence-corrected chi connectivity index (χ3v) is 2.35. The van der Waals surface area contributed by atoms with Crippen LogP contribution in [0.3, 0.4) is 0 Å². The van der Waals surface area contributed by atoms with Gasteiger partial charge in [-0.1, -0.05) is 0 Å². The summed E-state index contributed by atoms with van der Waals surface area (Å²) in [5, 5.41) is 17.5. The Morgan fingerprint density at radius 2 is 1.74 bits per heavy atom. The number of carboxylic acids is 1. The molecule has 6 heteroatoms. The Bertz CT molecular complexity index is 532. The number of ether oxygens (including phenoxy) is 3. The van der Waals surface area contributed by atoms with E-state index in [9.17, 15) is 4.79 Å². The lowest BCUT2D eigenvalue weighted by Gasteiger charge is -2.12. The van der Waals surface area contributed by atoms with Crippen LogP contribution in [0.15, 0.2) is 17.7 Å². The molecule has 19 heavy (non-hydrogen) atoms. The zero-order chi connectivity index (χ0) is 14.4. The second kappa shape index (κ2) is 6.31. The minimum atomic E-state index is -1.30. The maximum absolute atomic E-state index is 10.8. The normalized spacial score (nSPS) is 10.5. The average molecular weight is 263 g/mol. The number of carbonyl (C=O) groups is 1. The summed E-state index contributed by atoms with van der Waals surface area (Å²) in [4.78, 5) is 10.8. The number of hydrogen-bond acceptors (Lipinski definition) is 5. The Morgan fingerprint density at radius 3 is 2.05 bits per heavy atom. The lowest BCUT2D eigenvalue weighted by molar-refractivity contribution is -0.132. The van der Waals surface area contributed by atoms with Crippen molar-refractivity contribution in [3.63, 3.8) is 0 Å². The van der Waals surface area contributed by atoms with Gasteiger partial charge < -0.3 is 19.3 Å². The predicted molar refractivity (Wildman–Crippen MR) is 67.3 cm³/mol. The van der Waals surface area contributed by atoms with Gasteiger partial charge in [0.15, 0.2) is 11.5 Å². The summed E-state index contributed by atoms with van der Waals surface area (Å²) in [7, 11) is 4.37. The summed E-state index contributed by atoms with van der Waals surface area (Å²) in [6.07, 6.45) is 1.23. The molecule has 0 atom stereocenters. The van der Waals surface area contributed by atoms with Gasteiger partial charge in [0.05, 0.1) is 21.3 Å². The van der Waals surface area contributed by atoms with E-state index in [4.69, 9.17) is 24.6 Å². The van der Waals surface area contributed by atoms with Crippen LogP contribution in [0.4, 0.5) is 0 Å². The third-order valence-electron chi connectivity index (χ3n) is 2.35. The van der Waals surface area contributed by atoms with Crippen molar-refractivity contribution in [3.8, 4) is 23.3 Å². The monoisotopic (exact) mass is 263 g/mol. The van der Waals surface area contributed by atoms with Crippen molar-refractivity contribution in [1.82, 2.24) is 0 Å². The van der Waals surface area contributed by atoms with E-state index in [2.05, 4.69) is 0 Å². The van der Waals surface area contributed by atoms with Gasteiger partial charge in [0.25, 0.3) is 0 Å². The fourth-order valence-electron chi connectivity index (χ4n) is 1.49. The molecule has 0 radical (unpaired) electrons. The molecule has 0 spiro atoms. The summed E-state index contributed by atoms with van der Waals surface area (Å²) >= 11 is 0. The van der Waals surface area contributed by atoms with Crippen LogP contribution in [0, 0.1) is 11.3 Å². The van der Waals surface area contributed by atoms with Gasteiger partial charge in [0.1, 0.15) is 11.6 Å². The van der Waals surface area contributed by atoms with Crippen LogP contribution in [0.5, 0.6) is 17.2 Å². The second-order valence-corrected chi connectivity index (χ2v) is 3.43. The predicted octanol–water partition coefficient (Wildman–Crippen LogP) is 1.70. The SMILES string of the molecule is COc1cc(C=C(C#N)C(=O)O)cc(OC)c1OC. The number of nitriles is 1.